The van der Waals surface area contributed by atoms with Gasteiger partial charge in [-0.15, -0.1) is 11.8 Å². The number of imide groups is 1. The average Bonchev–Trinajstić information content (AvgIpc) is 3.52. The molecule has 1 aliphatic rings. The molecule has 0 unspecified atom stereocenters. The van der Waals surface area contributed by atoms with E-state index < -0.39 is 0 Å². The van der Waals surface area contributed by atoms with Gasteiger partial charge < -0.3 is 14.5 Å². The maximum absolute atomic E-state index is 13.2. The number of aromatic nitrogens is 2. The summed E-state index contributed by atoms with van der Waals surface area (Å²) in [7, 11) is 0. The van der Waals surface area contributed by atoms with E-state index in [0.717, 1.165) is 64.0 Å². The summed E-state index contributed by atoms with van der Waals surface area (Å²) in [4.78, 5) is 33.0. The van der Waals surface area contributed by atoms with Gasteiger partial charge in [-0.3, -0.25) is 14.9 Å². The molecule has 5 rings (SSSR count). The number of aromatic amines is 1. The molecular weight excluding hydrogens is 444 g/mol. The molecule has 2 aromatic carbocycles. The first kappa shape index (κ1) is 22.5. The molecule has 4 aromatic rings. The van der Waals surface area contributed by atoms with Crippen LogP contribution in [0.25, 0.3) is 33.0 Å². The molecule has 2 aromatic heterocycles. The quantitative estimate of drug-likeness (QED) is 0.287. The van der Waals surface area contributed by atoms with Gasteiger partial charge in [-0.2, -0.15) is 0 Å². The second-order valence-electron chi connectivity index (χ2n) is 8.43. The van der Waals surface area contributed by atoms with Crippen LogP contribution in [0, 0.1) is 0 Å². The second-order valence-corrected chi connectivity index (χ2v) is 9.31. The number of thioether (sulfide) groups is 1. The molecule has 0 saturated carbocycles. The lowest BCUT2D eigenvalue weighted by Crippen LogP contribution is -2.26. The molecule has 1 aliphatic heterocycles. The minimum Gasteiger partial charge on any atom is -0.361 e. The molecule has 174 valence electrons. The zero-order valence-corrected chi connectivity index (χ0v) is 20.5. The summed E-state index contributed by atoms with van der Waals surface area (Å²) in [6.45, 7) is 8.04. The first-order valence-corrected chi connectivity index (χ1v) is 12.8. The summed E-state index contributed by atoms with van der Waals surface area (Å²) in [5.41, 5.74) is 4.42. The Balaban J connectivity index is 1.72. The molecule has 0 radical (unpaired) electrons. The number of nitrogens with one attached hydrogen (secondary N) is 2. The molecule has 0 aliphatic carbocycles. The highest BCUT2D eigenvalue weighted by molar-refractivity contribution is 7.98. The van der Waals surface area contributed by atoms with Crippen LogP contribution in [0.1, 0.15) is 25.0 Å². The number of carbonyl (C=O) groups is 2. The molecule has 0 spiro atoms. The minimum atomic E-state index is -0.352. The molecule has 34 heavy (non-hydrogen) atoms. The molecule has 0 fully saturated rings. The standard InChI is InChI=1S/C27H28N4O2S/c1-4-30(5-2)12-13-31-16-21(19-14-17(34-3)10-11-23(19)31)25-24(26(32)29-27(25)33)20-15-28-22-9-7-6-8-18(20)22/h6-11,14-16,28H,4-5,12-13H2,1-3H3,(H,29,32,33). The average molecular weight is 473 g/mol. The van der Waals surface area contributed by atoms with Crippen LogP contribution in [0.2, 0.25) is 0 Å². The fraction of sp³-hybridized carbons (Fsp3) is 0.259. The Morgan fingerprint density at radius 2 is 1.68 bits per heavy atom. The first-order chi connectivity index (χ1) is 16.5. The summed E-state index contributed by atoms with van der Waals surface area (Å²) < 4.78 is 2.21. The van der Waals surface area contributed by atoms with E-state index in [1.54, 1.807) is 11.8 Å². The second kappa shape index (κ2) is 9.16. The zero-order valence-electron chi connectivity index (χ0n) is 19.6. The van der Waals surface area contributed by atoms with Crippen molar-refractivity contribution in [1.82, 2.24) is 19.8 Å². The van der Waals surface area contributed by atoms with Crippen LogP contribution in [-0.2, 0) is 16.1 Å². The lowest BCUT2D eigenvalue weighted by Gasteiger charge is -2.18. The summed E-state index contributed by atoms with van der Waals surface area (Å²) in [6.07, 6.45) is 5.91. The summed E-state index contributed by atoms with van der Waals surface area (Å²) in [6, 6.07) is 14.2. The predicted molar refractivity (Wildman–Crippen MR) is 140 cm³/mol. The number of hydrogen-bond donors (Lipinski definition) is 2. The van der Waals surface area contributed by atoms with Crippen molar-refractivity contribution >= 4 is 56.5 Å². The molecule has 7 heteroatoms. The smallest absolute Gasteiger partial charge is 0.259 e. The van der Waals surface area contributed by atoms with Gasteiger partial charge in [0.2, 0.25) is 0 Å². The number of rotatable bonds is 8. The third-order valence-corrected chi connectivity index (χ3v) is 7.42. The normalized spacial score (nSPS) is 14.2. The molecule has 2 N–H and O–H groups in total. The third kappa shape index (κ3) is 3.75. The van der Waals surface area contributed by atoms with Crippen molar-refractivity contribution in [1.29, 1.82) is 0 Å². The van der Waals surface area contributed by atoms with Crippen molar-refractivity contribution in [3.63, 3.8) is 0 Å². The van der Waals surface area contributed by atoms with Crippen molar-refractivity contribution in [3.05, 3.63) is 66.0 Å². The molecule has 6 nitrogen and oxygen atoms in total. The van der Waals surface area contributed by atoms with Crippen LogP contribution < -0.4 is 5.32 Å². The highest BCUT2D eigenvalue weighted by atomic mass is 32.2. The highest BCUT2D eigenvalue weighted by Crippen LogP contribution is 2.39. The third-order valence-electron chi connectivity index (χ3n) is 6.70. The van der Waals surface area contributed by atoms with Crippen molar-refractivity contribution in [2.45, 2.75) is 25.3 Å². The van der Waals surface area contributed by atoms with Crippen LogP contribution in [0.5, 0.6) is 0 Å². The lowest BCUT2D eigenvalue weighted by molar-refractivity contribution is -0.122. The number of para-hydroxylation sites is 1. The van der Waals surface area contributed by atoms with Crippen molar-refractivity contribution in [2.75, 3.05) is 25.9 Å². The highest BCUT2D eigenvalue weighted by Gasteiger charge is 2.35. The number of H-pyrrole nitrogens is 1. The van der Waals surface area contributed by atoms with E-state index in [2.05, 4.69) is 51.8 Å². The lowest BCUT2D eigenvalue weighted by atomic mass is 9.95. The molecule has 0 bridgehead atoms. The summed E-state index contributed by atoms with van der Waals surface area (Å²) >= 11 is 1.67. The predicted octanol–water partition coefficient (Wildman–Crippen LogP) is 4.75. The van der Waals surface area contributed by atoms with E-state index in [0.29, 0.717) is 11.1 Å². The van der Waals surface area contributed by atoms with E-state index in [9.17, 15) is 9.59 Å². The number of fused-ring (bicyclic) bond motifs is 2. The van der Waals surface area contributed by atoms with Crippen molar-refractivity contribution in [2.24, 2.45) is 0 Å². The number of amides is 2. The summed E-state index contributed by atoms with van der Waals surface area (Å²) in [5, 5.41) is 4.47. The monoisotopic (exact) mass is 472 g/mol. The largest absolute Gasteiger partial charge is 0.361 e. The van der Waals surface area contributed by atoms with E-state index >= 15 is 0 Å². The van der Waals surface area contributed by atoms with Crippen molar-refractivity contribution in [3.8, 4) is 0 Å². The number of nitrogens with zero attached hydrogens (tertiary/aromatic N) is 2. The Morgan fingerprint density at radius 3 is 2.41 bits per heavy atom. The van der Waals surface area contributed by atoms with Gasteiger partial charge in [0.25, 0.3) is 11.8 Å². The van der Waals surface area contributed by atoms with Gasteiger partial charge in [-0.1, -0.05) is 32.0 Å². The van der Waals surface area contributed by atoms with Gasteiger partial charge in [-0.05, 0) is 43.6 Å². The van der Waals surface area contributed by atoms with Crippen LogP contribution in [0.3, 0.4) is 0 Å². The van der Waals surface area contributed by atoms with Crippen LogP contribution >= 0.6 is 11.8 Å². The van der Waals surface area contributed by atoms with Gasteiger partial charge >= 0.3 is 0 Å². The topological polar surface area (TPSA) is 70.1 Å². The maximum atomic E-state index is 13.2. The van der Waals surface area contributed by atoms with E-state index in [1.807, 2.05) is 42.9 Å². The Hall–Kier alpha value is -3.29. The van der Waals surface area contributed by atoms with Crippen LogP contribution in [0.4, 0.5) is 0 Å². The van der Waals surface area contributed by atoms with Crippen LogP contribution in [0.15, 0.2) is 59.8 Å². The first-order valence-electron chi connectivity index (χ1n) is 11.6. The van der Waals surface area contributed by atoms with Gasteiger partial charge in [0.05, 0.1) is 11.1 Å². The number of hydrogen-bond acceptors (Lipinski definition) is 4. The molecule has 0 atom stereocenters. The van der Waals surface area contributed by atoms with Gasteiger partial charge in [0, 0.05) is 63.3 Å². The van der Waals surface area contributed by atoms with Gasteiger partial charge in [0.1, 0.15) is 0 Å². The fourth-order valence-corrected chi connectivity index (χ4v) is 5.26. The van der Waals surface area contributed by atoms with Crippen LogP contribution in [-0.4, -0.2) is 52.2 Å². The Morgan fingerprint density at radius 1 is 0.941 bits per heavy atom. The molecular formula is C27H28N4O2S. The van der Waals surface area contributed by atoms with Crippen molar-refractivity contribution < 1.29 is 9.59 Å². The number of likely N-dealkylation sites (N-methyl/N-ethyl adjacent to an activating group) is 1. The zero-order chi connectivity index (χ0) is 23.8. The summed E-state index contributed by atoms with van der Waals surface area (Å²) in [5.74, 6) is -0.697. The minimum absolute atomic E-state index is 0.345. The maximum Gasteiger partial charge on any atom is 0.259 e. The Kier molecular flexibility index (Phi) is 6.06. The Bertz CT molecular complexity index is 1440. The Labute approximate surface area is 203 Å². The van der Waals surface area contributed by atoms with E-state index in [-0.39, 0.29) is 11.8 Å². The number of benzene rings is 2. The van der Waals surface area contributed by atoms with Gasteiger partial charge in [-0.25, -0.2) is 0 Å². The van der Waals surface area contributed by atoms with E-state index in [4.69, 9.17) is 0 Å². The number of carbonyl (C=O) groups excluding carboxylic acids is 2. The SMILES string of the molecule is CCN(CC)CCn1cc(C2=C(c3c[nH]c4ccccc34)C(=O)NC2=O)c2cc(SC)ccc21. The molecule has 3 heterocycles. The molecule has 0 saturated heterocycles. The van der Waals surface area contributed by atoms with E-state index in [1.165, 1.54) is 0 Å². The fourth-order valence-electron chi connectivity index (χ4n) is 4.82. The van der Waals surface area contributed by atoms with Gasteiger partial charge in [0.15, 0.2) is 0 Å². The molecule has 2 amide bonds.